The molecule has 1 aromatic carbocycles. The lowest BCUT2D eigenvalue weighted by atomic mass is 9.91. The number of carbonyl (C=O) groups excluding carboxylic acids is 7. The summed E-state index contributed by atoms with van der Waals surface area (Å²) in [5, 5.41) is 112. The Morgan fingerprint density at radius 2 is 1.31 bits per heavy atom. The zero-order chi connectivity index (χ0) is 60.7. The van der Waals surface area contributed by atoms with E-state index < -0.39 is 152 Å². The molecular weight excluding hydrogens is 1060 g/mol. The average Bonchev–Trinajstić information content (AvgIpc) is 4.01. The summed E-state index contributed by atoms with van der Waals surface area (Å²) >= 11 is 0. The van der Waals surface area contributed by atoms with E-state index in [0.29, 0.717) is 24.7 Å². The van der Waals surface area contributed by atoms with Crippen molar-refractivity contribution in [1.29, 1.82) is 0 Å². The molecule has 3 heterocycles. The first-order chi connectivity index (χ1) is 38.3. The first kappa shape index (κ1) is 69.6. The highest BCUT2D eigenvalue weighted by atomic mass is 16.4. The maximum Gasteiger partial charge on any atom is 0.300 e. The Morgan fingerprint density at radius 1 is 0.716 bits per heavy atom. The van der Waals surface area contributed by atoms with Crippen LogP contribution in [0.1, 0.15) is 136 Å². The van der Waals surface area contributed by atoms with Crippen LogP contribution in [0, 0.1) is 11.8 Å². The van der Waals surface area contributed by atoms with E-state index in [2.05, 4.69) is 52.7 Å². The molecule has 0 saturated carbocycles. The Bertz CT molecular complexity index is 2180. The van der Waals surface area contributed by atoms with Crippen molar-refractivity contribution < 1.29 is 84.3 Å². The zero-order valence-electron chi connectivity index (χ0n) is 47.3. The van der Waals surface area contributed by atoms with E-state index in [4.69, 9.17) is 21.4 Å². The number of aliphatic carboxylic acids is 1. The van der Waals surface area contributed by atoms with Gasteiger partial charge >= 0.3 is 0 Å². The van der Waals surface area contributed by atoms with E-state index in [1.165, 1.54) is 30.7 Å². The van der Waals surface area contributed by atoms with Gasteiger partial charge in [-0.15, -0.1) is 0 Å². The molecule has 3 aliphatic rings. The summed E-state index contributed by atoms with van der Waals surface area (Å²) in [6.07, 6.45) is -6.95. The molecular formula is C54H92N10O17. The number of nitrogens with one attached hydrogen (secondary N) is 6. The van der Waals surface area contributed by atoms with Crippen LogP contribution >= 0.6 is 0 Å². The molecule has 460 valence electrons. The van der Waals surface area contributed by atoms with E-state index in [9.17, 15) is 74.4 Å². The number of phenols is 1. The molecule has 81 heavy (non-hydrogen) atoms. The zero-order valence-corrected chi connectivity index (χ0v) is 47.3. The Morgan fingerprint density at radius 3 is 1.91 bits per heavy atom. The van der Waals surface area contributed by atoms with Gasteiger partial charge in [0, 0.05) is 52.4 Å². The minimum atomic E-state index is -2.28. The number of aliphatic hydroxyl groups is 7. The van der Waals surface area contributed by atoms with E-state index in [1.54, 1.807) is 0 Å². The summed E-state index contributed by atoms with van der Waals surface area (Å²) in [7, 11) is 0. The molecule has 0 bridgehead atoms. The number of carboxylic acid groups (broad SMARTS) is 1. The molecule has 3 fully saturated rings. The average molecular weight is 1150 g/mol. The Kier molecular flexibility index (Phi) is 29.9. The topological polar surface area (TPSA) is 449 Å². The highest BCUT2D eigenvalue weighted by molar-refractivity contribution is 5.98. The molecule has 0 spiro atoms. The van der Waals surface area contributed by atoms with Crippen molar-refractivity contribution in [3.63, 3.8) is 0 Å². The van der Waals surface area contributed by atoms with Gasteiger partial charge in [-0.25, -0.2) is 0 Å². The van der Waals surface area contributed by atoms with Crippen molar-refractivity contribution in [2.24, 2.45) is 23.3 Å². The Balaban J connectivity index is 0.00000416. The number of nitrogens with zero attached hydrogens (tertiary/aromatic N) is 2. The summed E-state index contributed by atoms with van der Waals surface area (Å²) in [5.74, 6) is -7.27. The second-order valence-electron chi connectivity index (χ2n) is 21.8. The van der Waals surface area contributed by atoms with Gasteiger partial charge in [-0.2, -0.15) is 0 Å². The van der Waals surface area contributed by atoms with Crippen LogP contribution in [-0.4, -0.2) is 215 Å². The molecule has 0 aromatic heterocycles. The molecule has 19 N–H and O–H groups in total. The predicted molar refractivity (Wildman–Crippen MR) is 293 cm³/mol. The van der Waals surface area contributed by atoms with Crippen LogP contribution in [0.2, 0.25) is 0 Å². The van der Waals surface area contributed by atoms with E-state index in [-0.39, 0.29) is 56.8 Å². The first-order valence-corrected chi connectivity index (χ1v) is 28.3. The summed E-state index contributed by atoms with van der Waals surface area (Å²) < 4.78 is 0. The number of amides is 7. The number of phenolic OH excluding ortho intramolecular Hbond substituents is 1. The van der Waals surface area contributed by atoms with Crippen LogP contribution in [0.3, 0.4) is 0 Å². The molecule has 0 radical (unpaired) electrons. The molecule has 16 atom stereocenters. The van der Waals surface area contributed by atoms with Gasteiger partial charge < -0.3 is 93.8 Å². The standard InChI is InChI=1S/C52H88N10O15.C2H4O2/c1-5-28(2)24-29(3)12-10-8-6-7-9-11-13-39(69)56-34-26-38(68)46(55-22-21-54)60-50(75)43-37(67)19-23-61(43)52(77)41(36(66)18-20-53)58-49(74)42(45(71)44(70)31-14-16-32(64)17-15-31)59-48(73)35-25-33(65)27-62(35)51(76)40(30(4)63)57-47(34)72;1-2(3)4/h14-17,28-30,33-38,40-46,55,63-68,70-71H,5-13,18-27,53-54H2,1-4H3,(H,56,69)(H,57,72)(H,58,74)(H,59,73)(H,60,75);1H3,(H,3,4)/t28-,29+,30+,33+,34-,35-,36+,37-,38+,40-,41-,42-,43-,44-,45-,46-;/m0./s1. The number of aliphatic hydroxyl groups excluding tert-OH is 7. The second-order valence-corrected chi connectivity index (χ2v) is 21.8. The molecule has 3 aliphatic heterocycles. The van der Waals surface area contributed by atoms with Gasteiger partial charge in [0.05, 0.1) is 30.5 Å². The number of carboxylic acids is 1. The van der Waals surface area contributed by atoms with Crippen molar-refractivity contribution in [2.45, 2.75) is 210 Å². The van der Waals surface area contributed by atoms with Gasteiger partial charge in [0.15, 0.2) is 0 Å². The van der Waals surface area contributed by atoms with Gasteiger partial charge in [0.25, 0.3) is 5.97 Å². The van der Waals surface area contributed by atoms with Crippen LogP contribution in [0.4, 0.5) is 0 Å². The molecule has 7 amide bonds. The number of fused-ring (bicyclic) bond motifs is 2. The highest BCUT2D eigenvalue weighted by Gasteiger charge is 2.49. The van der Waals surface area contributed by atoms with Crippen molar-refractivity contribution in [3.05, 3.63) is 29.8 Å². The van der Waals surface area contributed by atoms with Crippen molar-refractivity contribution in [3.8, 4) is 5.75 Å². The molecule has 3 saturated heterocycles. The number of carbonyl (C=O) groups is 8. The van der Waals surface area contributed by atoms with Crippen LogP contribution in [0.15, 0.2) is 24.3 Å². The quantitative estimate of drug-likeness (QED) is 0.0479. The van der Waals surface area contributed by atoms with Gasteiger partial charge in [-0.1, -0.05) is 77.8 Å². The SMILES string of the molecule is CC(=O)O.CC[C@H](C)C[C@H](C)CCCCCCCCC(=O)N[C@H]1C[C@@H](O)[C@@H](NCCN)NC(=O)[C@@H]2[C@@H](O)CCN2C(=O)[C@H]([C@H](O)CCN)NC(=O)[C@H]([C@H](O)[C@@H](O)c2ccc(O)cc2)NC(=O)[C@@H]2C[C@@H](O)CN2C(=O)[C@H]([C@@H](C)O)NC1=O. The van der Waals surface area contributed by atoms with Gasteiger partial charge in [-0.05, 0) is 68.7 Å². The van der Waals surface area contributed by atoms with Crippen LogP contribution in [0.25, 0.3) is 0 Å². The van der Waals surface area contributed by atoms with E-state index >= 15 is 0 Å². The molecule has 0 aliphatic carbocycles. The number of hydrogen-bond donors (Lipinski definition) is 17. The third-order valence-corrected chi connectivity index (χ3v) is 14.9. The van der Waals surface area contributed by atoms with Crippen LogP contribution < -0.4 is 43.4 Å². The molecule has 1 aromatic rings. The number of aromatic hydroxyl groups is 1. The van der Waals surface area contributed by atoms with E-state index in [1.807, 2.05) is 0 Å². The number of benzene rings is 1. The van der Waals surface area contributed by atoms with Crippen LogP contribution in [-0.2, 0) is 38.4 Å². The number of nitrogens with two attached hydrogens (primary N) is 2. The fourth-order valence-corrected chi connectivity index (χ4v) is 10.2. The van der Waals surface area contributed by atoms with Crippen LogP contribution in [0.5, 0.6) is 5.75 Å². The third kappa shape index (κ3) is 21.9. The van der Waals surface area contributed by atoms with Gasteiger partial charge in [-0.3, -0.25) is 43.7 Å². The minimum absolute atomic E-state index is 0.0257. The smallest absolute Gasteiger partial charge is 0.300 e. The lowest BCUT2D eigenvalue weighted by Crippen LogP contribution is -2.65. The molecule has 4 rings (SSSR count). The summed E-state index contributed by atoms with van der Waals surface area (Å²) in [6.45, 7) is 7.82. The monoisotopic (exact) mass is 1150 g/mol. The minimum Gasteiger partial charge on any atom is -0.508 e. The maximum absolute atomic E-state index is 14.6. The second kappa shape index (κ2) is 34.7. The summed E-state index contributed by atoms with van der Waals surface area (Å²) in [6, 6.07) is -6.40. The fraction of sp³-hybridized carbons (Fsp3) is 0.741. The highest BCUT2D eigenvalue weighted by Crippen LogP contribution is 2.27. The molecule has 27 nitrogen and oxygen atoms in total. The van der Waals surface area contributed by atoms with E-state index in [0.717, 1.165) is 62.2 Å². The van der Waals surface area contributed by atoms with Crippen molar-refractivity contribution >= 4 is 47.3 Å². The van der Waals surface area contributed by atoms with Crippen molar-refractivity contribution in [2.75, 3.05) is 32.7 Å². The maximum atomic E-state index is 14.6. The lowest BCUT2D eigenvalue weighted by molar-refractivity contribution is -0.148. The summed E-state index contributed by atoms with van der Waals surface area (Å²) in [4.78, 5) is 111. The lowest BCUT2D eigenvalue weighted by Gasteiger charge is -2.35. The fourth-order valence-electron chi connectivity index (χ4n) is 10.2. The van der Waals surface area contributed by atoms with Crippen molar-refractivity contribution in [1.82, 2.24) is 41.7 Å². The number of unbranched alkanes of at least 4 members (excludes halogenated alkanes) is 5. The molecule has 0 unspecified atom stereocenters. The summed E-state index contributed by atoms with van der Waals surface area (Å²) in [5.41, 5.74) is 11.5. The Hall–Kier alpha value is -5.62. The Labute approximate surface area is 473 Å². The molecule has 27 heteroatoms. The van der Waals surface area contributed by atoms with Gasteiger partial charge in [0.2, 0.25) is 41.4 Å². The number of hydrogen-bond acceptors (Lipinski definition) is 19. The van der Waals surface area contributed by atoms with Gasteiger partial charge in [0.1, 0.15) is 60.4 Å². The predicted octanol–water partition coefficient (Wildman–Crippen LogP) is -3.22. The first-order valence-electron chi connectivity index (χ1n) is 28.3. The third-order valence-electron chi connectivity index (χ3n) is 14.9. The largest absolute Gasteiger partial charge is 0.508 e. The normalized spacial score (nSPS) is 27.5. The number of rotatable bonds is 23.